The maximum atomic E-state index is 8.93. The minimum atomic E-state index is 0.137. The average Bonchev–Trinajstić information content (AvgIpc) is 2.84. The van der Waals surface area contributed by atoms with Crippen molar-refractivity contribution in [3.63, 3.8) is 0 Å². The SMILES string of the molecule is CCc1nc(COc2cc(Cl)ccc2C#N)no1. The molecule has 0 aliphatic heterocycles. The molecular formula is C12H10ClN3O2. The Bertz CT molecular complexity index is 589. The third kappa shape index (κ3) is 2.79. The number of nitriles is 1. The van der Waals surface area contributed by atoms with E-state index in [9.17, 15) is 0 Å². The minimum absolute atomic E-state index is 0.137. The standard InChI is InChI=1S/C12H10ClN3O2/c1-2-12-15-11(16-18-12)7-17-10-5-9(13)4-3-8(10)6-14/h3-5H,2,7H2,1H3. The molecule has 2 rings (SSSR count). The molecule has 5 nitrogen and oxygen atoms in total. The van der Waals surface area contributed by atoms with Crippen molar-refractivity contribution in [3.05, 3.63) is 40.5 Å². The van der Waals surface area contributed by atoms with Gasteiger partial charge < -0.3 is 9.26 Å². The normalized spacial score (nSPS) is 10.1. The second-order valence-corrected chi connectivity index (χ2v) is 3.94. The third-order valence-corrected chi connectivity index (χ3v) is 2.47. The van der Waals surface area contributed by atoms with Crippen molar-refractivity contribution < 1.29 is 9.26 Å². The predicted octanol–water partition coefficient (Wildman–Crippen LogP) is 2.74. The molecule has 0 saturated heterocycles. The van der Waals surface area contributed by atoms with Crippen molar-refractivity contribution >= 4 is 11.6 Å². The highest BCUT2D eigenvalue weighted by molar-refractivity contribution is 6.30. The predicted molar refractivity (Wildman–Crippen MR) is 64.2 cm³/mol. The Labute approximate surface area is 109 Å². The van der Waals surface area contributed by atoms with Crippen LogP contribution in [0, 0.1) is 11.3 Å². The second kappa shape index (κ2) is 5.52. The molecule has 0 aliphatic carbocycles. The molecule has 1 aromatic carbocycles. The van der Waals surface area contributed by atoms with Gasteiger partial charge in [-0.1, -0.05) is 23.7 Å². The van der Waals surface area contributed by atoms with Crippen molar-refractivity contribution in [2.75, 3.05) is 0 Å². The van der Waals surface area contributed by atoms with E-state index in [-0.39, 0.29) is 6.61 Å². The highest BCUT2D eigenvalue weighted by Crippen LogP contribution is 2.23. The molecule has 0 fully saturated rings. The molecule has 1 heterocycles. The van der Waals surface area contributed by atoms with Crippen molar-refractivity contribution in [3.8, 4) is 11.8 Å². The van der Waals surface area contributed by atoms with E-state index < -0.39 is 0 Å². The van der Waals surface area contributed by atoms with E-state index in [1.54, 1.807) is 18.2 Å². The molecule has 92 valence electrons. The Morgan fingerprint density at radius 1 is 1.50 bits per heavy atom. The van der Waals surface area contributed by atoms with E-state index in [0.29, 0.717) is 34.5 Å². The van der Waals surface area contributed by atoms with Crippen LogP contribution in [0.25, 0.3) is 0 Å². The third-order valence-electron chi connectivity index (χ3n) is 2.23. The first kappa shape index (κ1) is 12.4. The van der Waals surface area contributed by atoms with Crippen molar-refractivity contribution in [2.24, 2.45) is 0 Å². The lowest BCUT2D eigenvalue weighted by Crippen LogP contribution is -1.99. The topological polar surface area (TPSA) is 71.9 Å². The Kier molecular flexibility index (Phi) is 3.80. The molecule has 0 N–H and O–H groups in total. The number of halogens is 1. The van der Waals surface area contributed by atoms with Crippen LogP contribution >= 0.6 is 11.6 Å². The largest absolute Gasteiger partial charge is 0.484 e. The number of nitrogens with zero attached hydrogens (tertiary/aromatic N) is 3. The summed E-state index contributed by atoms with van der Waals surface area (Å²) in [7, 11) is 0. The average molecular weight is 264 g/mol. The fourth-order valence-electron chi connectivity index (χ4n) is 1.34. The number of rotatable bonds is 4. The summed E-state index contributed by atoms with van der Waals surface area (Å²) in [6.45, 7) is 2.06. The van der Waals surface area contributed by atoms with E-state index in [1.165, 1.54) is 0 Å². The molecule has 0 aliphatic rings. The van der Waals surface area contributed by atoms with E-state index in [0.717, 1.165) is 0 Å². The molecule has 2 aromatic rings. The van der Waals surface area contributed by atoms with Gasteiger partial charge in [-0.2, -0.15) is 10.2 Å². The quantitative estimate of drug-likeness (QED) is 0.848. The molecule has 0 spiro atoms. The van der Waals surface area contributed by atoms with Gasteiger partial charge in [-0.15, -0.1) is 0 Å². The van der Waals surface area contributed by atoms with Crippen molar-refractivity contribution in [1.29, 1.82) is 5.26 Å². The molecule has 0 amide bonds. The van der Waals surface area contributed by atoms with E-state index in [2.05, 4.69) is 10.1 Å². The summed E-state index contributed by atoms with van der Waals surface area (Å²) < 4.78 is 10.4. The number of aromatic nitrogens is 2. The summed E-state index contributed by atoms with van der Waals surface area (Å²) in [5, 5.41) is 13.2. The summed E-state index contributed by atoms with van der Waals surface area (Å²) in [4.78, 5) is 4.10. The number of hydrogen-bond donors (Lipinski definition) is 0. The van der Waals surface area contributed by atoms with E-state index >= 15 is 0 Å². The van der Waals surface area contributed by atoms with Crippen LogP contribution in [0.2, 0.25) is 5.02 Å². The van der Waals surface area contributed by atoms with Crippen LogP contribution in [0.4, 0.5) is 0 Å². The van der Waals surface area contributed by atoms with Gasteiger partial charge in [0.25, 0.3) is 0 Å². The molecule has 0 saturated carbocycles. The van der Waals surface area contributed by atoms with Gasteiger partial charge >= 0.3 is 0 Å². The van der Waals surface area contributed by atoms with Gasteiger partial charge in [0, 0.05) is 17.5 Å². The van der Waals surface area contributed by atoms with Gasteiger partial charge in [0.15, 0.2) is 6.61 Å². The van der Waals surface area contributed by atoms with Gasteiger partial charge in [-0.05, 0) is 12.1 Å². The summed E-state index contributed by atoms with van der Waals surface area (Å²) in [6.07, 6.45) is 0.674. The van der Waals surface area contributed by atoms with Gasteiger partial charge in [0.2, 0.25) is 11.7 Å². The highest BCUT2D eigenvalue weighted by atomic mass is 35.5. The summed E-state index contributed by atoms with van der Waals surface area (Å²) in [5.41, 5.74) is 0.415. The molecule has 18 heavy (non-hydrogen) atoms. The summed E-state index contributed by atoms with van der Waals surface area (Å²) >= 11 is 5.84. The molecule has 0 atom stereocenters. The monoisotopic (exact) mass is 263 g/mol. The molecule has 6 heteroatoms. The zero-order valence-corrected chi connectivity index (χ0v) is 10.4. The van der Waals surface area contributed by atoms with E-state index in [1.807, 2.05) is 13.0 Å². The minimum Gasteiger partial charge on any atom is -0.484 e. The van der Waals surface area contributed by atoms with E-state index in [4.69, 9.17) is 26.1 Å². The van der Waals surface area contributed by atoms with Crippen LogP contribution in [0.5, 0.6) is 5.75 Å². The van der Waals surface area contributed by atoms with Gasteiger partial charge in [-0.3, -0.25) is 0 Å². The number of ether oxygens (including phenoxy) is 1. The fourth-order valence-corrected chi connectivity index (χ4v) is 1.50. The first-order valence-electron chi connectivity index (χ1n) is 5.37. The number of hydrogen-bond acceptors (Lipinski definition) is 5. The maximum absolute atomic E-state index is 8.93. The molecular weight excluding hydrogens is 254 g/mol. The first-order chi connectivity index (χ1) is 8.72. The van der Waals surface area contributed by atoms with Crippen LogP contribution in [0.3, 0.4) is 0 Å². The van der Waals surface area contributed by atoms with Crippen molar-refractivity contribution in [2.45, 2.75) is 20.0 Å². The lowest BCUT2D eigenvalue weighted by molar-refractivity contribution is 0.284. The lowest BCUT2D eigenvalue weighted by atomic mass is 10.2. The Hall–Kier alpha value is -2.06. The molecule has 0 radical (unpaired) electrons. The van der Waals surface area contributed by atoms with Gasteiger partial charge in [0.1, 0.15) is 11.8 Å². The molecule has 0 bridgehead atoms. The molecule has 0 unspecified atom stereocenters. The van der Waals surface area contributed by atoms with Crippen LogP contribution in [0.15, 0.2) is 22.7 Å². The van der Waals surface area contributed by atoms with Crippen molar-refractivity contribution in [1.82, 2.24) is 10.1 Å². The second-order valence-electron chi connectivity index (χ2n) is 3.50. The Morgan fingerprint density at radius 2 is 2.33 bits per heavy atom. The lowest BCUT2D eigenvalue weighted by Gasteiger charge is -2.05. The Balaban J connectivity index is 2.10. The Morgan fingerprint density at radius 3 is 3.00 bits per heavy atom. The van der Waals surface area contributed by atoms with Gasteiger partial charge in [0.05, 0.1) is 5.56 Å². The zero-order valence-electron chi connectivity index (χ0n) is 9.68. The van der Waals surface area contributed by atoms with Gasteiger partial charge in [-0.25, -0.2) is 0 Å². The first-order valence-corrected chi connectivity index (χ1v) is 5.74. The smallest absolute Gasteiger partial charge is 0.226 e. The maximum Gasteiger partial charge on any atom is 0.226 e. The van der Waals surface area contributed by atoms with Crippen LogP contribution in [0.1, 0.15) is 24.2 Å². The van der Waals surface area contributed by atoms with Crippen LogP contribution < -0.4 is 4.74 Å². The zero-order chi connectivity index (χ0) is 13.0. The molecule has 1 aromatic heterocycles. The highest BCUT2D eigenvalue weighted by Gasteiger charge is 2.08. The van der Waals surface area contributed by atoms with Crippen LogP contribution in [-0.2, 0) is 13.0 Å². The summed E-state index contributed by atoms with van der Waals surface area (Å²) in [5.74, 6) is 1.41. The number of aryl methyl sites for hydroxylation is 1. The fraction of sp³-hybridized carbons (Fsp3) is 0.250. The number of benzene rings is 1. The van der Waals surface area contributed by atoms with Crippen LogP contribution in [-0.4, -0.2) is 10.1 Å². The summed E-state index contributed by atoms with van der Waals surface area (Å²) in [6, 6.07) is 6.85.